The molecule has 1 N–H and O–H groups in total. The predicted octanol–water partition coefficient (Wildman–Crippen LogP) is 1.97. The third kappa shape index (κ3) is 2.14. The summed E-state index contributed by atoms with van der Waals surface area (Å²) in [5, 5.41) is 8.44. The molecule has 0 atom stereocenters. The van der Waals surface area contributed by atoms with Crippen LogP contribution in [0.3, 0.4) is 0 Å². The molecule has 0 aliphatic carbocycles. The Morgan fingerprint density at radius 3 is 2.64 bits per heavy atom. The molecular formula is C10H10F2O2. The summed E-state index contributed by atoms with van der Waals surface area (Å²) in [7, 11) is 0. The highest BCUT2D eigenvalue weighted by molar-refractivity contribution is 5.94. The lowest BCUT2D eigenvalue weighted by Gasteiger charge is -2.13. The highest BCUT2D eigenvalue weighted by atomic mass is 19.3. The minimum Gasteiger partial charge on any atom is -0.390 e. The zero-order valence-corrected chi connectivity index (χ0v) is 7.63. The van der Waals surface area contributed by atoms with Gasteiger partial charge in [-0.15, -0.1) is 0 Å². The van der Waals surface area contributed by atoms with Gasteiger partial charge >= 0.3 is 0 Å². The zero-order chi connectivity index (χ0) is 10.8. The molecule has 0 aromatic heterocycles. The van der Waals surface area contributed by atoms with E-state index in [1.807, 2.05) is 0 Å². The van der Waals surface area contributed by atoms with Gasteiger partial charge in [0.2, 0.25) is 0 Å². The van der Waals surface area contributed by atoms with E-state index in [4.69, 9.17) is 5.11 Å². The Hall–Kier alpha value is -1.29. The first-order valence-electron chi connectivity index (χ1n) is 4.07. The van der Waals surface area contributed by atoms with Gasteiger partial charge in [0.15, 0.2) is 5.78 Å². The highest BCUT2D eigenvalue weighted by Gasteiger charge is 2.30. The van der Waals surface area contributed by atoms with Gasteiger partial charge in [-0.1, -0.05) is 18.2 Å². The second-order valence-electron chi connectivity index (χ2n) is 3.00. The molecule has 1 aromatic carbocycles. The van der Waals surface area contributed by atoms with Crippen molar-refractivity contribution in [2.45, 2.75) is 12.8 Å². The summed E-state index contributed by atoms with van der Waals surface area (Å²) >= 11 is 0. The summed E-state index contributed by atoms with van der Waals surface area (Å²) in [6.07, 6.45) is 0. The van der Waals surface area contributed by atoms with E-state index in [1.165, 1.54) is 25.1 Å². The van der Waals surface area contributed by atoms with E-state index in [2.05, 4.69) is 0 Å². The molecule has 0 heterocycles. The van der Waals surface area contributed by atoms with Crippen molar-refractivity contribution in [3.8, 4) is 0 Å². The lowest BCUT2D eigenvalue weighted by atomic mass is 10.0. The second-order valence-corrected chi connectivity index (χ2v) is 3.00. The van der Waals surface area contributed by atoms with Crippen LogP contribution in [0.15, 0.2) is 24.3 Å². The molecule has 0 saturated carbocycles. The maximum atomic E-state index is 13.0. The van der Waals surface area contributed by atoms with Crippen LogP contribution in [0.5, 0.6) is 0 Å². The summed E-state index contributed by atoms with van der Waals surface area (Å²) in [4.78, 5) is 10.9. The Kier molecular flexibility index (Phi) is 2.96. The number of benzene rings is 1. The van der Waals surface area contributed by atoms with E-state index < -0.39 is 12.5 Å². The Morgan fingerprint density at radius 1 is 1.50 bits per heavy atom. The van der Waals surface area contributed by atoms with E-state index >= 15 is 0 Å². The van der Waals surface area contributed by atoms with Crippen LogP contribution in [0.4, 0.5) is 8.78 Å². The lowest BCUT2D eigenvalue weighted by Crippen LogP contribution is -2.18. The third-order valence-electron chi connectivity index (χ3n) is 1.89. The van der Waals surface area contributed by atoms with Crippen LogP contribution in [-0.4, -0.2) is 17.5 Å². The van der Waals surface area contributed by atoms with E-state index in [1.54, 1.807) is 0 Å². The normalized spacial score (nSPS) is 11.4. The average molecular weight is 200 g/mol. The molecular weight excluding hydrogens is 190 g/mol. The number of Topliss-reactive ketones (excluding diaryl/α,β-unsaturated/α-hetero) is 1. The van der Waals surface area contributed by atoms with Crippen LogP contribution in [0.25, 0.3) is 0 Å². The van der Waals surface area contributed by atoms with Crippen molar-refractivity contribution in [2.24, 2.45) is 0 Å². The molecule has 0 aliphatic rings. The molecule has 0 bridgehead atoms. The standard InChI is InChI=1S/C10H10F2O2/c1-7(14)8-3-2-4-9(5-8)10(11,12)6-13/h2-5,13H,6H2,1H3. The van der Waals surface area contributed by atoms with E-state index in [0.29, 0.717) is 0 Å². The second kappa shape index (κ2) is 3.84. The number of rotatable bonds is 3. The fourth-order valence-corrected chi connectivity index (χ4v) is 1.06. The van der Waals surface area contributed by atoms with Gasteiger partial charge < -0.3 is 5.11 Å². The van der Waals surface area contributed by atoms with Crippen molar-refractivity contribution >= 4 is 5.78 Å². The van der Waals surface area contributed by atoms with Crippen molar-refractivity contribution in [1.29, 1.82) is 0 Å². The Labute approximate surface area is 80.2 Å². The van der Waals surface area contributed by atoms with Crippen LogP contribution in [0, 0.1) is 0 Å². The molecule has 0 fully saturated rings. The molecule has 4 heteroatoms. The first-order chi connectivity index (χ1) is 6.47. The largest absolute Gasteiger partial charge is 0.390 e. The number of halogens is 2. The maximum absolute atomic E-state index is 13.0. The summed E-state index contributed by atoms with van der Waals surface area (Å²) in [6, 6.07) is 5.11. The van der Waals surface area contributed by atoms with Crippen molar-refractivity contribution in [2.75, 3.05) is 6.61 Å². The smallest absolute Gasteiger partial charge is 0.295 e. The molecule has 0 spiro atoms. The highest BCUT2D eigenvalue weighted by Crippen LogP contribution is 2.27. The van der Waals surface area contributed by atoms with Gasteiger partial charge in [0.25, 0.3) is 5.92 Å². The van der Waals surface area contributed by atoms with Crippen LogP contribution < -0.4 is 0 Å². The van der Waals surface area contributed by atoms with Crippen molar-refractivity contribution in [3.63, 3.8) is 0 Å². The van der Waals surface area contributed by atoms with Crippen LogP contribution in [0.1, 0.15) is 22.8 Å². The van der Waals surface area contributed by atoms with Gasteiger partial charge in [-0.3, -0.25) is 4.79 Å². The average Bonchev–Trinajstić information content (AvgIpc) is 2.18. The van der Waals surface area contributed by atoms with Gasteiger partial charge in [-0.25, -0.2) is 0 Å². The fraction of sp³-hybridized carbons (Fsp3) is 0.300. The Bertz CT molecular complexity index is 348. The number of hydrogen-bond acceptors (Lipinski definition) is 2. The number of hydrogen-bond donors (Lipinski definition) is 1. The molecule has 0 saturated heterocycles. The molecule has 2 nitrogen and oxygen atoms in total. The van der Waals surface area contributed by atoms with Crippen molar-refractivity contribution in [1.82, 2.24) is 0 Å². The van der Waals surface area contributed by atoms with Crippen LogP contribution in [-0.2, 0) is 5.92 Å². The molecule has 0 amide bonds. The summed E-state index contributed by atoms with van der Waals surface area (Å²) in [6.45, 7) is 0.0462. The molecule has 76 valence electrons. The summed E-state index contributed by atoms with van der Waals surface area (Å²) in [5.41, 5.74) is -0.122. The van der Waals surface area contributed by atoms with Gasteiger partial charge in [-0.05, 0) is 13.0 Å². The molecule has 0 unspecified atom stereocenters. The van der Waals surface area contributed by atoms with Gasteiger partial charge in [-0.2, -0.15) is 8.78 Å². The molecule has 1 rings (SSSR count). The third-order valence-corrected chi connectivity index (χ3v) is 1.89. The number of carbonyl (C=O) groups excluding carboxylic acids is 1. The molecule has 0 aliphatic heterocycles. The summed E-state index contributed by atoms with van der Waals surface area (Å²) < 4.78 is 25.9. The fourth-order valence-electron chi connectivity index (χ4n) is 1.06. The lowest BCUT2D eigenvalue weighted by molar-refractivity contribution is -0.0556. The number of ketones is 1. The maximum Gasteiger partial charge on any atom is 0.295 e. The molecule has 14 heavy (non-hydrogen) atoms. The number of aliphatic hydroxyl groups excluding tert-OH is 1. The number of aliphatic hydroxyl groups is 1. The van der Waals surface area contributed by atoms with E-state index in [9.17, 15) is 13.6 Å². The van der Waals surface area contributed by atoms with Crippen molar-refractivity contribution < 1.29 is 18.7 Å². The zero-order valence-electron chi connectivity index (χ0n) is 7.63. The first kappa shape index (κ1) is 10.8. The monoisotopic (exact) mass is 200 g/mol. The Balaban J connectivity index is 3.12. The summed E-state index contributed by atoms with van der Waals surface area (Å²) in [5.74, 6) is -3.56. The van der Waals surface area contributed by atoms with E-state index in [0.717, 1.165) is 6.07 Å². The van der Waals surface area contributed by atoms with E-state index in [-0.39, 0.29) is 16.9 Å². The number of carbonyl (C=O) groups is 1. The minimum absolute atomic E-state index is 0.218. The Morgan fingerprint density at radius 2 is 2.14 bits per heavy atom. The van der Waals surface area contributed by atoms with Crippen LogP contribution >= 0.6 is 0 Å². The SMILES string of the molecule is CC(=O)c1cccc(C(F)(F)CO)c1. The van der Waals surface area contributed by atoms with Gasteiger partial charge in [0.05, 0.1) is 0 Å². The van der Waals surface area contributed by atoms with Crippen LogP contribution in [0.2, 0.25) is 0 Å². The topological polar surface area (TPSA) is 37.3 Å². The van der Waals surface area contributed by atoms with Crippen molar-refractivity contribution in [3.05, 3.63) is 35.4 Å². The number of alkyl halides is 2. The minimum atomic E-state index is -3.29. The molecule has 0 radical (unpaired) electrons. The molecule has 1 aromatic rings. The quantitative estimate of drug-likeness (QED) is 0.757. The predicted molar refractivity (Wildman–Crippen MR) is 47.4 cm³/mol. The van der Waals surface area contributed by atoms with Gasteiger partial charge in [0, 0.05) is 11.1 Å². The first-order valence-corrected chi connectivity index (χ1v) is 4.07. The van der Waals surface area contributed by atoms with Gasteiger partial charge in [0.1, 0.15) is 6.61 Å².